The molecule has 0 radical (unpaired) electrons. The Labute approximate surface area is 154 Å². The molecule has 2 rings (SSSR count). The number of unbranched alkanes of at least 4 members (excludes halogenated alkanes) is 1. The first-order valence-corrected chi connectivity index (χ1v) is 8.87. The van der Waals surface area contributed by atoms with Gasteiger partial charge in [0.2, 0.25) is 11.8 Å². The molecule has 0 spiro atoms. The molecule has 2 aromatic carbocycles. The highest BCUT2D eigenvalue weighted by Crippen LogP contribution is 2.30. The van der Waals surface area contributed by atoms with E-state index >= 15 is 0 Å². The third-order valence-corrected chi connectivity index (χ3v) is 4.06. The number of hydrogen-bond acceptors (Lipinski definition) is 3. The molecule has 0 aliphatic heterocycles. The SMILES string of the molecule is CCCCNC(=O)C(C)(C)C(=O)Nc1ccccc1Oc1ccccc1. The minimum atomic E-state index is -1.19. The van der Waals surface area contributed by atoms with E-state index in [-0.39, 0.29) is 11.8 Å². The Morgan fingerprint density at radius 2 is 1.62 bits per heavy atom. The number of ether oxygens (including phenoxy) is 1. The molecule has 0 heterocycles. The first kappa shape index (κ1) is 19.5. The minimum Gasteiger partial charge on any atom is -0.455 e. The van der Waals surface area contributed by atoms with Crippen molar-refractivity contribution in [2.45, 2.75) is 33.6 Å². The van der Waals surface area contributed by atoms with Gasteiger partial charge < -0.3 is 15.4 Å². The minimum absolute atomic E-state index is 0.287. The molecule has 0 bridgehead atoms. The van der Waals surface area contributed by atoms with Gasteiger partial charge in [0.25, 0.3) is 0 Å². The number of benzene rings is 2. The van der Waals surface area contributed by atoms with Crippen molar-refractivity contribution in [3.8, 4) is 11.5 Å². The zero-order chi connectivity index (χ0) is 19.0. The summed E-state index contributed by atoms with van der Waals surface area (Å²) >= 11 is 0. The van der Waals surface area contributed by atoms with Gasteiger partial charge in [0.1, 0.15) is 11.2 Å². The van der Waals surface area contributed by atoms with Gasteiger partial charge in [-0.1, -0.05) is 43.7 Å². The van der Waals surface area contributed by atoms with Gasteiger partial charge >= 0.3 is 0 Å². The van der Waals surface area contributed by atoms with Crippen molar-refractivity contribution < 1.29 is 14.3 Å². The van der Waals surface area contributed by atoms with Crippen LogP contribution in [0.2, 0.25) is 0 Å². The first-order valence-electron chi connectivity index (χ1n) is 8.87. The number of anilines is 1. The lowest BCUT2D eigenvalue weighted by molar-refractivity contribution is -0.138. The molecular weight excluding hydrogens is 328 g/mol. The Kier molecular flexibility index (Phi) is 6.78. The topological polar surface area (TPSA) is 67.4 Å². The van der Waals surface area contributed by atoms with Crippen LogP contribution in [-0.4, -0.2) is 18.4 Å². The zero-order valence-electron chi connectivity index (χ0n) is 15.5. The molecule has 2 amide bonds. The summed E-state index contributed by atoms with van der Waals surface area (Å²) in [6, 6.07) is 16.5. The van der Waals surface area contributed by atoms with Crippen LogP contribution in [0, 0.1) is 5.41 Å². The third kappa shape index (κ3) is 5.09. The predicted octanol–water partition coefficient (Wildman–Crippen LogP) is 4.36. The van der Waals surface area contributed by atoms with E-state index in [1.54, 1.807) is 26.0 Å². The maximum absolute atomic E-state index is 12.7. The summed E-state index contributed by atoms with van der Waals surface area (Å²) in [4.78, 5) is 25.0. The molecule has 0 saturated carbocycles. The third-order valence-electron chi connectivity index (χ3n) is 4.06. The van der Waals surface area contributed by atoms with Crippen molar-refractivity contribution in [1.29, 1.82) is 0 Å². The molecule has 26 heavy (non-hydrogen) atoms. The lowest BCUT2D eigenvalue weighted by atomic mass is 9.91. The summed E-state index contributed by atoms with van der Waals surface area (Å²) in [5.41, 5.74) is -0.663. The van der Waals surface area contributed by atoms with Crippen molar-refractivity contribution >= 4 is 17.5 Å². The van der Waals surface area contributed by atoms with Gasteiger partial charge in [0.15, 0.2) is 5.75 Å². The monoisotopic (exact) mass is 354 g/mol. The molecule has 5 heteroatoms. The van der Waals surface area contributed by atoms with E-state index in [0.29, 0.717) is 23.7 Å². The van der Waals surface area contributed by atoms with Crippen molar-refractivity contribution in [3.63, 3.8) is 0 Å². The average Bonchev–Trinajstić information content (AvgIpc) is 2.64. The van der Waals surface area contributed by atoms with Gasteiger partial charge in [-0.15, -0.1) is 0 Å². The summed E-state index contributed by atoms with van der Waals surface area (Å²) in [6.07, 6.45) is 1.87. The summed E-state index contributed by atoms with van der Waals surface area (Å²) in [6.45, 7) is 5.85. The molecule has 0 fully saturated rings. The fourth-order valence-corrected chi connectivity index (χ4v) is 2.26. The smallest absolute Gasteiger partial charge is 0.239 e. The van der Waals surface area contributed by atoms with Crippen LogP contribution in [0.25, 0.3) is 0 Å². The molecule has 0 aliphatic carbocycles. The van der Waals surface area contributed by atoms with Gasteiger partial charge in [-0.2, -0.15) is 0 Å². The molecule has 0 aromatic heterocycles. The summed E-state index contributed by atoms with van der Waals surface area (Å²) < 4.78 is 5.85. The van der Waals surface area contributed by atoms with Crippen LogP contribution in [-0.2, 0) is 9.59 Å². The van der Waals surface area contributed by atoms with Crippen LogP contribution in [0.15, 0.2) is 54.6 Å². The number of carbonyl (C=O) groups excluding carboxylic acids is 2. The fraction of sp³-hybridized carbons (Fsp3) is 0.333. The highest BCUT2D eigenvalue weighted by atomic mass is 16.5. The number of carbonyl (C=O) groups is 2. The summed E-state index contributed by atoms with van der Waals surface area (Å²) in [5.74, 6) is 0.528. The molecule has 0 unspecified atom stereocenters. The number of nitrogens with one attached hydrogen (secondary N) is 2. The molecule has 0 atom stereocenters. The molecule has 2 aromatic rings. The first-order chi connectivity index (χ1) is 12.4. The highest BCUT2D eigenvalue weighted by Gasteiger charge is 2.36. The maximum atomic E-state index is 12.7. The van der Waals surface area contributed by atoms with Crippen LogP contribution in [0.3, 0.4) is 0 Å². The van der Waals surface area contributed by atoms with E-state index in [9.17, 15) is 9.59 Å². The standard InChI is InChI=1S/C21H26N2O3/c1-4-5-15-22-19(24)21(2,3)20(25)23-17-13-9-10-14-18(17)26-16-11-7-6-8-12-16/h6-14H,4-5,15H2,1-3H3,(H,22,24)(H,23,25). The Morgan fingerprint density at radius 3 is 2.31 bits per heavy atom. The average molecular weight is 354 g/mol. The van der Waals surface area contributed by atoms with Gasteiger partial charge in [0, 0.05) is 6.54 Å². The molecular formula is C21H26N2O3. The second-order valence-electron chi connectivity index (χ2n) is 6.60. The molecule has 2 N–H and O–H groups in total. The second kappa shape index (κ2) is 9.04. The van der Waals surface area contributed by atoms with E-state index in [1.807, 2.05) is 49.4 Å². The Balaban J connectivity index is 2.10. The largest absolute Gasteiger partial charge is 0.455 e. The molecule has 0 saturated heterocycles. The Bertz CT molecular complexity index is 742. The highest BCUT2D eigenvalue weighted by molar-refractivity contribution is 6.10. The number of amides is 2. The van der Waals surface area contributed by atoms with Crippen molar-refractivity contribution in [3.05, 3.63) is 54.6 Å². The van der Waals surface area contributed by atoms with Crippen LogP contribution in [0.5, 0.6) is 11.5 Å². The van der Waals surface area contributed by atoms with Crippen molar-refractivity contribution in [1.82, 2.24) is 5.32 Å². The lowest BCUT2D eigenvalue weighted by Gasteiger charge is -2.23. The van der Waals surface area contributed by atoms with E-state index in [1.165, 1.54) is 0 Å². The zero-order valence-corrected chi connectivity index (χ0v) is 15.5. The number of para-hydroxylation sites is 3. The van der Waals surface area contributed by atoms with Crippen LogP contribution >= 0.6 is 0 Å². The number of hydrogen-bond donors (Lipinski definition) is 2. The van der Waals surface area contributed by atoms with Gasteiger partial charge in [0.05, 0.1) is 5.69 Å². The normalized spacial score (nSPS) is 10.9. The van der Waals surface area contributed by atoms with Gasteiger partial charge in [-0.3, -0.25) is 9.59 Å². The number of rotatable bonds is 8. The van der Waals surface area contributed by atoms with E-state index < -0.39 is 5.41 Å². The predicted molar refractivity (Wildman–Crippen MR) is 103 cm³/mol. The molecule has 0 aliphatic rings. The van der Waals surface area contributed by atoms with Crippen molar-refractivity contribution in [2.75, 3.05) is 11.9 Å². The van der Waals surface area contributed by atoms with E-state index in [2.05, 4.69) is 10.6 Å². The fourth-order valence-electron chi connectivity index (χ4n) is 2.26. The summed E-state index contributed by atoms with van der Waals surface area (Å²) in [7, 11) is 0. The summed E-state index contributed by atoms with van der Waals surface area (Å²) in [5, 5.41) is 5.63. The molecule has 5 nitrogen and oxygen atoms in total. The van der Waals surface area contributed by atoms with Crippen LogP contribution < -0.4 is 15.4 Å². The Morgan fingerprint density at radius 1 is 0.962 bits per heavy atom. The van der Waals surface area contributed by atoms with Gasteiger partial charge in [-0.25, -0.2) is 0 Å². The van der Waals surface area contributed by atoms with Gasteiger partial charge in [-0.05, 0) is 44.5 Å². The van der Waals surface area contributed by atoms with Crippen molar-refractivity contribution in [2.24, 2.45) is 5.41 Å². The second-order valence-corrected chi connectivity index (χ2v) is 6.60. The maximum Gasteiger partial charge on any atom is 0.239 e. The lowest BCUT2D eigenvalue weighted by Crippen LogP contribution is -2.45. The van der Waals surface area contributed by atoms with Crippen LogP contribution in [0.1, 0.15) is 33.6 Å². The molecule has 138 valence electrons. The van der Waals surface area contributed by atoms with E-state index in [4.69, 9.17) is 4.74 Å². The van der Waals surface area contributed by atoms with E-state index in [0.717, 1.165) is 12.8 Å². The Hall–Kier alpha value is -2.82. The van der Waals surface area contributed by atoms with Crippen LogP contribution in [0.4, 0.5) is 5.69 Å². The quantitative estimate of drug-likeness (QED) is 0.547.